The molecule has 2 N–H and O–H groups in total. The second-order valence-corrected chi connectivity index (χ2v) is 11.1. The summed E-state index contributed by atoms with van der Waals surface area (Å²) in [6, 6.07) is 29.1. The van der Waals surface area contributed by atoms with E-state index in [1.807, 2.05) is 78.9 Å². The summed E-state index contributed by atoms with van der Waals surface area (Å²) in [5, 5.41) is 25.0. The maximum atomic E-state index is 12.2. The monoisotopic (exact) mass is 598 g/mol. The van der Waals surface area contributed by atoms with Crippen LogP contribution in [0.1, 0.15) is 41.1 Å². The maximum Gasteiger partial charge on any atom is 0.407 e. The van der Waals surface area contributed by atoms with Crippen molar-refractivity contribution >= 4 is 17.9 Å². The number of aromatic nitrogens is 1. The Morgan fingerprint density at radius 1 is 1.00 bits per heavy atom. The highest BCUT2D eigenvalue weighted by atomic mass is 32.2. The largest absolute Gasteiger partial charge is 0.618 e. The van der Waals surface area contributed by atoms with Gasteiger partial charge >= 0.3 is 6.09 Å². The van der Waals surface area contributed by atoms with Gasteiger partial charge < -0.3 is 29.8 Å². The third-order valence-corrected chi connectivity index (χ3v) is 8.18. The van der Waals surface area contributed by atoms with E-state index in [0.717, 1.165) is 38.1 Å². The standard InChI is InChI=1S/C34H34N2O6S/c1-2-18-40-34(38)35-21-25-6-5-7-29(19-25)26-13-15-28(16-14-26)33-41-30(23-43-32-8-3-4-17-36(32)39)20-31(42-33)27-11-9-24(22-37)10-12-27/h2-17,19,30-31,33,37H,1,18,20-23H2,(H,35,38)/t30-,31+,33+/m1/s1. The van der Waals surface area contributed by atoms with Gasteiger partial charge in [0.25, 0.3) is 5.03 Å². The molecule has 4 aromatic rings. The zero-order valence-corrected chi connectivity index (χ0v) is 24.5. The normalized spacial score (nSPS) is 18.1. The number of ether oxygens (including phenoxy) is 3. The first-order valence-corrected chi connectivity index (χ1v) is 15.0. The molecule has 5 rings (SSSR count). The molecule has 3 aromatic carbocycles. The van der Waals surface area contributed by atoms with Crippen molar-refractivity contribution in [2.75, 3.05) is 12.4 Å². The number of thioether (sulfide) groups is 1. The van der Waals surface area contributed by atoms with E-state index in [1.165, 1.54) is 24.0 Å². The van der Waals surface area contributed by atoms with Crippen LogP contribution in [-0.4, -0.2) is 29.7 Å². The summed E-state index contributed by atoms with van der Waals surface area (Å²) in [6.07, 6.45) is 2.19. The Bertz CT molecular complexity index is 1510. The Balaban J connectivity index is 1.30. The van der Waals surface area contributed by atoms with Crippen LogP contribution in [0, 0.1) is 5.21 Å². The van der Waals surface area contributed by atoms with Crippen LogP contribution >= 0.6 is 11.8 Å². The number of hydrogen-bond acceptors (Lipinski definition) is 7. The molecule has 1 aromatic heterocycles. The Labute approximate surface area is 255 Å². The summed E-state index contributed by atoms with van der Waals surface area (Å²) in [5.74, 6) is 0.595. The van der Waals surface area contributed by atoms with Crippen LogP contribution in [0.4, 0.5) is 4.79 Å². The molecule has 1 aliphatic rings. The lowest BCUT2D eigenvalue weighted by atomic mass is 9.99. The summed E-state index contributed by atoms with van der Waals surface area (Å²) in [6.45, 7) is 4.04. The van der Waals surface area contributed by atoms with Crippen molar-refractivity contribution in [1.82, 2.24) is 5.32 Å². The molecule has 0 spiro atoms. The van der Waals surface area contributed by atoms with E-state index in [4.69, 9.17) is 14.2 Å². The molecule has 2 heterocycles. The number of amides is 1. The quantitative estimate of drug-likeness (QED) is 0.0913. The van der Waals surface area contributed by atoms with E-state index < -0.39 is 12.4 Å². The first-order chi connectivity index (χ1) is 21.0. The number of aliphatic hydroxyl groups is 1. The molecule has 1 amide bonds. The number of pyridine rings is 1. The van der Waals surface area contributed by atoms with Crippen molar-refractivity contribution in [3.05, 3.63) is 137 Å². The lowest BCUT2D eigenvalue weighted by Gasteiger charge is -2.36. The molecule has 43 heavy (non-hydrogen) atoms. The van der Waals surface area contributed by atoms with Crippen molar-refractivity contribution in [2.45, 2.75) is 43.1 Å². The Morgan fingerprint density at radius 2 is 1.79 bits per heavy atom. The van der Waals surface area contributed by atoms with Crippen LogP contribution in [0.5, 0.6) is 0 Å². The van der Waals surface area contributed by atoms with Crippen molar-refractivity contribution in [3.63, 3.8) is 0 Å². The van der Waals surface area contributed by atoms with Crippen molar-refractivity contribution in [2.24, 2.45) is 0 Å². The number of benzene rings is 3. The van der Waals surface area contributed by atoms with E-state index in [0.29, 0.717) is 23.7 Å². The summed E-state index contributed by atoms with van der Waals surface area (Å²) < 4.78 is 18.7. The van der Waals surface area contributed by atoms with Crippen LogP contribution in [0.15, 0.2) is 115 Å². The Morgan fingerprint density at radius 3 is 2.53 bits per heavy atom. The van der Waals surface area contributed by atoms with E-state index in [9.17, 15) is 15.1 Å². The molecule has 0 saturated carbocycles. The van der Waals surface area contributed by atoms with Gasteiger partial charge in [-0.25, -0.2) is 4.79 Å². The number of aliphatic hydroxyl groups excluding tert-OH is 1. The van der Waals surface area contributed by atoms with Gasteiger partial charge in [0.05, 0.1) is 18.8 Å². The summed E-state index contributed by atoms with van der Waals surface area (Å²) in [7, 11) is 0. The van der Waals surface area contributed by atoms with Gasteiger partial charge in [0.2, 0.25) is 0 Å². The number of alkyl carbamates (subject to hydrolysis) is 1. The minimum absolute atomic E-state index is 0.0167. The zero-order valence-electron chi connectivity index (χ0n) is 23.6. The van der Waals surface area contributed by atoms with Crippen molar-refractivity contribution in [3.8, 4) is 11.1 Å². The van der Waals surface area contributed by atoms with Gasteiger partial charge in [-0.15, -0.1) is 0 Å². The van der Waals surface area contributed by atoms with Gasteiger partial charge in [-0.05, 0) is 39.9 Å². The number of carbonyl (C=O) groups excluding carboxylic acids is 1. The summed E-state index contributed by atoms with van der Waals surface area (Å²) in [5.41, 5.74) is 5.71. The van der Waals surface area contributed by atoms with Crippen LogP contribution < -0.4 is 10.0 Å². The maximum absolute atomic E-state index is 12.2. The van der Waals surface area contributed by atoms with Crippen LogP contribution in [-0.2, 0) is 27.4 Å². The van der Waals surface area contributed by atoms with Crippen LogP contribution in [0.2, 0.25) is 0 Å². The molecule has 1 aliphatic heterocycles. The first-order valence-electron chi connectivity index (χ1n) is 14.0. The smallest absolute Gasteiger partial charge is 0.407 e. The molecule has 1 fully saturated rings. The molecule has 0 radical (unpaired) electrons. The SMILES string of the molecule is C=CCOC(=O)NCc1cccc(-c2ccc([C@H]3O[C@@H](CSc4cccc[n+]4[O-])C[C@@H](c4ccc(CO)cc4)O3)cc2)c1. The third kappa shape index (κ3) is 8.24. The lowest BCUT2D eigenvalue weighted by molar-refractivity contribution is -0.645. The molecule has 0 bridgehead atoms. The van der Waals surface area contributed by atoms with E-state index >= 15 is 0 Å². The van der Waals surface area contributed by atoms with Gasteiger partial charge in [0.15, 0.2) is 12.5 Å². The predicted molar refractivity (Wildman–Crippen MR) is 165 cm³/mol. The summed E-state index contributed by atoms with van der Waals surface area (Å²) >= 11 is 1.46. The molecule has 3 atom stereocenters. The second kappa shape index (κ2) is 14.8. The molecule has 0 aliphatic carbocycles. The highest BCUT2D eigenvalue weighted by Gasteiger charge is 2.32. The van der Waals surface area contributed by atoms with E-state index in [2.05, 4.69) is 11.9 Å². The van der Waals surface area contributed by atoms with Gasteiger partial charge in [-0.2, -0.15) is 4.73 Å². The van der Waals surface area contributed by atoms with E-state index in [-0.39, 0.29) is 25.4 Å². The zero-order chi connectivity index (χ0) is 30.0. The fraction of sp³-hybridized carbons (Fsp3) is 0.235. The number of nitrogens with one attached hydrogen (secondary N) is 1. The van der Waals surface area contributed by atoms with Gasteiger partial charge in [0.1, 0.15) is 6.61 Å². The topological polar surface area (TPSA) is 104 Å². The molecule has 1 saturated heterocycles. The van der Waals surface area contributed by atoms with Gasteiger partial charge in [-0.1, -0.05) is 91.1 Å². The number of hydrogen-bond donors (Lipinski definition) is 2. The summed E-state index contributed by atoms with van der Waals surface area (Å²) in [4.78, 5) is 11.8. The average molecular weight is 599 g/mol. The predicted octanol–water partition coefficient (Wildman–Crippen LogP) is 6.23. The highest BCUT2D eigenvalue weighted by molar-refractivity contribution is 7.99. The number of carbonyl (C=O) groups is 1. The van der Waals surface area contributed by atoms with Crippen LogP contribution in [0.3, 0.4) is 0 Å². The van der Waals surface area contributed by atoms with Gasteiger partial charge in [-0.3, -0.25) is 0 Å². The fourth-order valence-corrected chi connectivity index (χ4v) is 5.71. The van der Waals surface area contributed by atoms with Crippen molar-refractivity contribution in [1.29, 1.82) is 0 Å². The van der Waals surface area contributed by atoms with Crippen molar-refractivity contribution < 1.29 is 28.8 Å². The fourth-order valence-electron chi connectivity index (χ4n) is 4.78. The number of nitrogens with zero attached hydrogens (tertiary/aromatic N) is 1. The Hall–Kier alpha value is -4.15. The average Bonchev–Trinajstić information content (AvgIpc) is 3.06. The van der Waals surface area contributed by atoms with Gasteiger partial charge in [0, 0.05) is 36.4 Å². The second-order valence-electron chi connectivity index (χ2n) is 10.1. The molecule has 0 unspecified atom stereocenters. The molecular weight excluding hydrogens is 564 g/mol. The molecule has 222 valence electrons. The lowest BCUT2D eigenvalue weighted by Crippen LogP contribution is -2.32. The molecule has 8 nitrogen and oxygen atoms in total. The minimum Gasteiger partial charge on any atom is -0.618 e. The highest BCUT2D eigenvalue weighted by Crippen LogP contribution is 2.39. The number of rotatable bonds is 11. The van der Waals surface area contributed by atoms with E-state index in [1.54, 1.807) is 12.1 Å². The van der Waals surface area contributed by atoms with Crippen LogP contribution in [0.25, 0.3) is 11.1 Å². The Kier molecular flexibility index (Phi) is 10.5. The minimum atomic E-state index is -0.594. The third-order valence-electron chi connectivity index (χ3n) is 7.03. The molecular formula is C34H34N2O6S. The molecule has 9 heteroatoms. The first kappa shape index (κ1) is 30.3.